The zero-order valence-corrected chi connectivity index (χ0v) is 15.3. The van der Waals surface area contributed by atoms with Crippen molar-refractivity contribution in [1.29, 1.82) is 0 Å². The number of ether oxygens (including phenoxy) is 1. The summed E-state index contributed by atoms with van der Waals surface area (Å²) in [6.45, 7) is 1.99. The maximum atomic E-state index is 12.4. The maximum absolute atomic E-state index is 12.4. The molecule has 134 valence electrons. The van der Waals surface area contributed by atoms with Gasteiger partial charge in [-0.2, -0.15) is 0 Å². The lowest BCUT2D eigenvalue weighted by Gasteiger charge is -2.09. The Morgan fingerprint density at radius 2 is 1.78 bits per heavy atom. The first-order valence-corrected chi connectivity index (χ1v) is 8.80. The summed E-state index contributed by atoms with van der Waals surface area (Å²) in [5.74, 6) is 1.40. The summed E-state index contributed by atoms with van der Waals surface area (Å²) in [5, 5.41) is 4.20. The molecule has 0 aliphatic carbocycles. The maximum Gasteiger partial charge on any atom is 0.291 e. The van der Waals surface area contributed by atoms with Gasteiger partial charge in [-0.05, 0) is 67.1 Å². The van der Waals surface area contributed by atoms with Gasteiger partial charge in [-0.1, -0.05) is 29.8 Å². The molecule has 0 unspecified atom stereocenters. The minimum atomic E-state index is -0.324. The van der Waals surface area contributed by atoms with Gasteiger partial charge in [-0.15, -0.1) is 0 Å². The molecule has 0 radical (unpaired) electrons. The number of anilines is 1. The van der Waals surface area contributed by atoms with Crippen LogP contribution in [0, 0.1) is 6.92 Å². The molecule has 0 spiro atoms. The first-order valence-electron chi connectivity index (χ1n) is 8.42. The number of nitrogens with one attached hydrogen (secondary N) is 1. The normalized spacial score (nSPS) is 10.7. The predicted molar refractivity (Wildman–Crippen MR) is 107 cm³/mol. The molecule has 0 aliphatic heterocycles. The molecule has 4 rings (SSSR count). The third kappa shape index (κ3) is 3.81. The van der Waals surface area contributed by atoms with Gasteiger partial charge in [0, 0.05) is 16.1 Å². The van der Waals surface area contributed by atoms with Crippen molar-refractivity contribution in [2.24, 2.45) is 0 Å². The number of aryl methyl sites for hydroxylation is 1. The predicted octanol–water partition coefficient (Wildman–Crippen LogP) is 6.44. The average Bonchev–Trinajstić information content (AvgIpc) is 3.08. The Labute approximate surface area is 161 Å². The molecule has 0 atom stereocenters. The molecule has 0 bridgehead atoms. The van der Waals surface area contributed by atoms with E-state index in [1.54, 1.807) is 48.5 Å². The van der Waals surface area contributed by atoms with Crippen molar-refractivity contribution in [3.05, 3.63) is 89.1 Å². The van der Waals surface area contributed by atoms with E-state index in [9.17, 15) is 4.79 Å². The molecular weight excluding hydrogens is 362 g/mol. The van der Waals surface area contributed by atoms with Gasteiger partial charge in [0.15, 0.2) is 5.76 Å². The van der Waals surface area contributed by atoms with Gasteiger partial charge >= 0.3 is 0 Å². The number of benzene rings is 3. The van der Waals surface area contributed by atoms with Crippen LogP contribution >= 0.6 is 11.6 Å². The fourth-order valence-electron chi connectivity index (χ4n) is 2.72. The van der Waals surface area contributed by atoms with E-state index in [1.807, 2.05) is 31.2 Å². The van der Waals surface area contributed by atoms with Crippen LogP contribution in [0.15, 0.2) is 77.2 Å². The lowest BCUT2D eigenvalue weighted by atomic mass is 10.2. The second-order valence-corrected chi connectivity index (χ2v) is 6.58. The van der Waals surface area contributed by atoms with Crippen molar-refractivity contribution in [3.63, 3.8) is 0 Å². The third-order valence-electron chi connectivity index (χ3n) is 4.14. The highest BCUT2D eigenvalue weighted by atomic mass is 35.5. The molecule has 4 nitrogen and oxygen atoms in total. The van der Waals surface area contributed by atoms with Crippen LogP contribution in [0.4, 0.5) is 5.69 Å². The summed E-state index contributed by atoms with van der Waals surface area (Å²) >= 11 is 5.97. The topological polar surface area (TPSA) is 51.5 Å². The van der Waals surface area contributed by atoms with Crippen molar-refractivity contribution >= 4 is 34.2 Å². The van der Waals surface area contributed by atoms with Gasteiger partial charge in [0.1, 0.15) is 17.1 Å². The highest BCUT2D eigenvalue weighted by molar-refractivity contribution is 6.31. The third-order valence-corrected chi connectivity index (χ3v) is 4.37. The minimum Gasteiger partial charge on any atom is -0.457 e. The lowest BCUT2D eigenvalue weighted by Crippen LogP contribution is -2.10. The first kappa shape index (κ1) is 17.2. The van der Waals surface area contributed by atoms with E-state index in [0.29, 0.717) is 22.0 Å². The smallest absolute Gasteiger partial charge is 0.291 e. The summed E-state index contributed by atoms with van der Waals surface area (Å²) in [6, 6.07) is 21.9. The molecule has 0 saturated carbocycles. The van der Waals surface area contributed by atoms with Crippen molar-refractivity contribution < 1.29 is 13.9 Å². The van der Waals surface area contributed by atoms with Crippen LogP contribution in [-0.2, 0) is 0 Å². The summed E-state index contributed by atoms with van der Waals surface area (Å²) < 4.78 is 11.4. The van der Waals surface area contributed by atoms with Gasteiger partial charge in [-0.25, -0.2) is 0 Å². The molecule has 0 fully saturated rings. The molecule has 0 aliphatic rings. The molecule has 4 aromatic rings. The number of carbonyl (C=O) groups is 1. The Kier molecular flexibility index (Phi) is 4.57. The number of hydrogen-bond donors (Lipinski definition) is 1. The van der Waals surface area contributed by atoms with Crippen LogP contribution in [0.3, 0.4) is 0 Å². The molecule has 27 heavy (non-hydrogen) atoms. The molecule has 5 heteroatoms. The Hall–Kier alpha value is -3.24. The van der Waals surface area contributed by atoms with Gasteiger partial charge in [0.25, 0.3) is 5.91 Å². The Balaban J connectivity index is 1.47. The van der Waals surface area contributed by atoms with E-state index in [2.05, 4.69) is 5.32 Å². The second kappa shape index (κ2) is 7.17. The molecular formula is C22H16ClNO3. The minimum absolute atomic E-state index is 0.229. The van der Waals surface area contributed by atoms with Crippen LogP contribution in [0.1, 0.15) is 16.1 Å². The largest absolute Gasteiger partial charge is 0.457 e. The van der Waals surface area contributed by atoms with Crippen LogP contribution in [-0.4, -0.2) is 5.91 Å². The molecule has 1 N–H and O–H groups in total. The Morgan fingerprint density at radius 3 is 2.56 bits per heavy atom. The molecule has 1 amide bonds. The van der Waals surface area contributed by atoms with E-state index in [-0.39, 0.29) is 11.7 Å². The van der Waals surface area contributed by atoms with E-state index < -0.39 is 0 Å². The zero-order chi connectivity index (χ0) is 18.8. The number of para-hydroxylation sites is 1. The van der Waals surface area contributed by atoms with Crippen LogP contribution in [0.2, 0.25) is 5.02 Å². The number of carbonyl (C=O) groups excluding carboxylic acids is 1. The fraction of sp³-hybridized carbons (Fsp3) is 0.0455. The number of amides is 1. The highest BCUT2D eigenvalue weighted by Crippen LogP contribution is 2.27. The van der Waals surface area contributed by atoms with Crippen LogP contribution in [0.5, 0.6) is 11.5 Å². The number of fused-ring (bicyclic) bond motifs is 1. The first-order chi connectivity index (χ1) is 13.1. The number of furan rings is 1. The van der Waals surface area contributed by atoms with Crippen molar-refractivity contribution in [1.82, 2.24) is 0 Å². The Morgan fingerprint density at radius 1 is 1.00 bits per heavy atom. The molecule has 3 aromatic carbocycles. The number of rotatable bonds is 4. The van der Waals surface area contributed by atoms with Crippen molar-refractivity contribution in [3.8, 4) is 11.5 Å². The van der Waals surface area contributed by atoms with Gasteiger partial charge in [0.2, 0.25) is 0 Å². The summed E-state index contributed by atoms with van der Waals surface area (Å²) in [6.07, 6.45) is 0. The monoisotopic (exact) mass is 377 g/mol. The van der Waals surface area contributed by atoms with Crippen molar-refractivity contribution in [2.45, 2.75) is 6.92 Å². The zero-order valence-electron chi connectivity index (χ0n) is 14.5. The van der Waals surface area contributed by atoms with Gasteiger partial charge in [-0.3, -0.25) is 4.79 Å². The van der Waals surface area contributed by atoms with E-state index in [4.69, 9.17) is 20.8 Å². The number of halogens is 1. The summed E-state index contributed by atoms with van der Waals surface area (Å²) in [4.78, 5) is 12.4. The number of hydrogen-bond acceptors (Lipinski definition) is 3. The standard InChI is InChI=1S/C22H16ClNO3/c1-14-4-2-3-5-19(14)26-18-9-7-17(8-10-18)24-22(25)21-13-15-12-16(23)6-11-20(15)27-21/h2-13H,1H3,(H,24,25). The second-order valence-electron chi connectivity index (χ2n) is 6.14. The van der Waals surface area contributed by atoms with Gasteiger partial charge in [0.05, 0.1) is 0 Å². The van der Waals surface area contributed by atoms with E-state index in [1.165, 1.54) is 0 Å². The van der Waals surface area contributed by atoms with E-state index >= 15 is 0 Å². The summed E-state index contributed by atoms with van der Waals surface area (Å²) in [7, 11) is 0. The molecule has 1 aromatic heterocycles. The average molecular weight is 378 g/mol. The SMILES string of the molecule is Cc1ccccc1Oc1ccc(NC(=O)c2cc3cc(Cl)ccc3o2)cc1. The van der Waals surface area contributed by atoms with Gasteiger partial charge < -0.3 is 14.5 Å². The molecule has 1 heterocycles. The highest BCUT2D eigenvalue weighted by Gasteiger charge is 2.13. The fourth-order valence-corrected chi connectivity index (χ4v) is 2.90. The Bertz CT molecular complexity index is 1120. The van der Waals surface area contributed by atoms with Crippen LogP contribution in [0.25, 0.3) is 11.0 Å². The molecule has 0 saturated heterocycles. The lowest BCUT2D eigenvalue weighted by molar-refractivity contribution is 0.0998. The quantitative estimate of drug-likeness (QED) is 0.445. The van der Waals surface area contributed by atoms with Crippen LogP contribution < -0.4 is 10.1 Å². The van der Waals surface area contributed by atoms with E-state index in [0.717, 1.165) is 16.7 Å². The summed E-state index contributed by atoms with van der Waals surface area (Å²) in [5.41, 5.74) is 2.32. The van der Waals surface area contributed by atoms with Crippen molar-refractivity contribution in [2.75, 3.05) is 5.32 Å².